The molecule has 1 aliphatic heterocycles. The Labute approximate surface area is 204 Å². The number of aromatic hydroxyl groups is 1. The van der Waals surface area contributed by atoms with Crippen molar-refractivity contribution < 1.29 is 53.6 Å². The molecule has 0 saturated carbocycles. The molecule has 194 valence electrons. The van der Waals surface area contributed by atoms with Gasteiger partial charge in [0.05, 0.1) is 27.9 Å². The first kappa shape index (κ1) is 25.5. The molecule has 0 spiro atoms. The van der Waals surface area contributed by atoms with Crippen LogP contribution in [-0.2, 0) is 4.74 Å². The van der Waals surface area contributed by atoms with Gasteiger partial charge in [-0.25, -0.2) is 0 Å². The number of phenolic OH excluding ortho intramolecular Hbond substituents is 1. The van der Waals surface area contributed by atoms with Crippen molar-refractivity contribution >= 4 is 11.0 Å². The van der Waals surface area contributed by atoms with Crippen molar-refractivity contribution in [3.63, 3.8) is 0 Å². The van der Waals surface area contributed by atoms with Gasteiger partial charge in [-0.2, -0.15) is 0 Å². The van der Waals surface area contributed by atoms with Crippen molar-refractivity contribution in [3.8, 4) is 40.1 Å². The molecular weight excluding hydrogens is 480 g/mol. The second-order valence-corrected chi connectivity index (χ2v) is 7.99. The minimum atomic E-state index is -1.70. The highest BCUT2D eigenvalue weighted by molar-refractivity contribution is 5.88. The molecule has 0 bridgehead atoms. The Morgan fingerprint density at radius 3 is 2.31 bits per heavy atom. The molecule has 2 heterocycles. The fraction of sp³-hybridized carbons (Fsp3) is 0.375. The lowest BCUT2D eigenvalue weighted by Gasteiger charge is -2.39. The number of benzene rings is 2. The van der Waals surface area contributed by atoms with Gasteiger partial charge < -0.3 is 53.6 Å². The van der Waals surface area contributed by atoms with Crippen LogP contribution in [0.2, 0.25) is 0 Å². The molecule has 12 heteroatoms. The van der Waals surface area contributed by atoms with Gasteiger partial charge in [-0.15, -0.1) is 0 Å². The van der Waals surface area contributed by atoms with Crippen molar-refractivity contribution in [2.45, 2.75) is 30.7 Å². The van der Waals surface area contributed by atoms with Crippen LogP contribution < -0.4 is 24.4 Å². The average Bonchev–Trinajstić information content (AvgIpc) is 2.89. The number of hydrogen-bond donors (Lipinski definition) is 5. The Morgan fingerprint density at radius 2 is 1.67 bits per heavy atom. The fourth-order valence-electron chi connectivity index (χ4n) is 3.94. The van der Waals surface area contributed by atoms with Gasteiger partial charge in [0.15, 0.2) is 17.3 Å². The molecule has 0 radical (unpaired) electrons. The Morgan fingerprint density at radius 1 is 0.917 bits per heavy atom. The van der Waals surface area contributed by atoms with E-state index in [0.29, 0.717) is 5.75 Å². The monoisotopic (exact) mass is 506 g/mol. The molecule has 3 aromatic rings. The van der Waals surface area contributed by atoms with Crippen LogP contribution in [0.3, 0.4) is 0 Å². The molecule has 1 aliphatic rings. The van der Waals surface area contributed by atoms with Gasteiger partial charge in [-0.3, -0.25) is 4.79 Å². The maximum absolute atomic E-state index is 13.3. The third-order valence-corrected chi connectivity index (χ3v) is 5.86. The summed E-state index contributed by atoms with van der Waals surface area (Å²) in [6.45, 7) is -0.650. The van der Waals surface area contributed by atoms with E-state index in [2.05, 4.69) is 0 Å². The number of hydrogen-bond acceptors (Lipinski definition) is 12. The predicted octanol–water partition coefficient (Wildman–Crippen LogP) is 0.370. The number of methoxy groups -OCH3 is 3. The molecule has 1 aromatic heterocycles. The highest BCUT2D eigenvalue weighted by atomic mass is 16.7. The largest absolute Gasteiger partial charge is 0.504 e. The summed E-state index contributed by atoms with van der Waals surface area (Å²) in [6, 6.07) is 7.05. The van der Waals surface area contributed by atoms with Crippen LogP contribution in [-0.4, -0.2) is 84.2 Å². The lowest BCUT2D eigenvalue weighted by atomic mass is 9.99. The maximum atomic E-state index is 13.3. The van der Waals surface area contributed by atoms with E-state index in [1.807, 2.05) is 0 Å². The van der Waals surface area contributed by atoms with Crippen LogP contribution in [0, 0.1) is 0 Å². The molecule has 36 heavy (non-hydrogen) atoms. The third-order valence-electron chi connectivity index (χ3n) is 5.86. The van der Waals surface area contributed by atoms with E-state index >= 15 is 0 Å². The van der Waals surface area contributed by atoms with E-state index in [1.165, 1.54) is 51.7 Å². The van der Waals surface area contributed by atoms with Gasteiger partial charge in [-0.05, 0) is 18.2 Å². The first-order valence-electron chi connectivity index (χ1n) is 10.8. The molecule has 1 saturated heterocycles. The minimum absolute atomic E-state index is 0.00367. The second kappa shape index (κ2) is 10.2. The van der Waals surface area contributed by atoms with E-state index in [9.17, 15) is 30.3 Å². The summed E-state index contributed by atoms with van der Waals surface area (Å²) in [4.78, 5) is 13.3. The second-order valence-electron chi connectivity index (χ2n) is 7.99. The zero-order valence-corrected chi connectivity index (χ0v) is 19.6. The van der Waals surface area contributed by atoms with Crippen molar-refractivity contribution in [3.05, 3.63) is 40.6 Å². The zero-order valence-electron chi connectivity index (χ0n) is 19.6. The summed E-state index contributed by atoms with van der Waals surface area (Å²) in [7, 11) is 4.14. The number of aliphatic hydroxyl groups excluding tert-OH is 4. The number of fused-ring (bicyclic) bond motifs is 1. The molecule has 2 aromatic carbocycles. The lowest BCUT2D eigenvalue weighted by Crippen LogP contribution is -2.60. The van der Waals surface area contributed by atoms with Gasteiger partial charge in [0.2, 0.25) is 17.5 Å². The van der Waals surface area contributed by atoms with Crippen LogP contribution in [0.25, 0.3) is 22.3 Å². The Kier molecular flexibility index (Phi) is 7.24. The smallest absolute Gasteiger partial charge is 0.239 e. The quantitative estimate of drug-likeness (QED) is 0.298. The van der Waals surface area contributed by atoms with Crippen molar-refractivity contribution in [2.75, 3.05) is 27.9 Å². The summed E-state index contributed by atoms with van der Waals surface area (Å²) in [5.74, 6) is -0.0957. The van der Waals surface area contributed by atoms with Crippen molar-refractivity contribution in [1.82, 2.24) is 0 Å². The van der Waals surface area contributed by atoms with E-state index in [4.69, 9.17) is 28.1 Å². The Hall–Kier alpha value is -3.55. The first-order chi connectivity index (χ1) is 17.2. The summed E-state index contributed by atoms with van der Waals surface area (Å²) < 4.78 is 32.8. The van der Waals surface area contributed by atoms with E-state index in [0.717, 1.165) is 0 Å². The van der Waals surface area contributed by atoms with Gasteiger partial charge >= 0.3 is 0 Å². The molecule has 0 amide bonds. The lowest BCUT2D eigenvalue weighted by molar-refractivity contribution is -0.277. The molecule has 5 unspecified atom stereocenters. The topological polar surface area (TPSA) is 178 Å². The molecule has 1 fully saturated rings. The molecule has 5 N–H and O–H groups in total. The van der Waals surface area contributed by atoms with E-state index < -0.39 is 42.7 Å². The summed E-state index contributed by atoms with van der Waals surface area (Å²) in [5.41, 5.74) is -0.112. The molecular formula is C24H26O12. The van der Waals surface area contributed by atoms with Crippen molar-refractivity contribution in [2.24, 2.45) is 0 Å². The Bertz CT molecular complexity index is 1300. The fourth-order valence-corrected chi connectivity index (χ4v) is 3.94. The number of ether oxygens (including phenoxy) is 5. The normalized spacial score (nSPS) is 23.9. The van der Waals surface area contributed by atoms with Crippen LogP contribution in [0.15, 0.2) is 39.5 Å². The number of phenols is 1. The van der Waals surface area contributed by atoms with Crippen LogP contribution in [0.1, 0.15) is 0 Å². The SMILES string of the molecule is COc1cc(OC)c2c(=O)c(OC)c(-c3ccc(O)c(OC4OC(CO)C(O)C(O)C4O)c3)oc2c1. The molecule has 4 rings (SSSR count). The Balaban J connectivity index is 1.79. The molecule has 5 atom stereocenters. The van der Waals surface area contributed by atoms with Gasteiger partial charge in [0.25, 0.3) is 0 Å². The summed E-state index contributed by atoms with van der Waals surface area (Å²) in [5, 5.41) is 50.1. The summed E-state index contributed by atoms with van der Waals surface area (Å²) >= 11 is 0. The standard InChI is InChI=1S/C24H26O12/c1-31-11-7-14(32-2)17-15(8-11)34-22(23(33-3)19(17)28)10-4-5-12(26)13(6-10)35-24-21(30)20(29)18(27)16(9-25)36-24/h4-8,16,18,20-21,24-27,29-30H,9H2,1-3H3. The van der Waals surface area contributed by atoms with Gasteiger partial charge in [-0.1, -0.05) is 0 Å². The molecule has 0 aliphatic carbocycles. The zero-order chi connectivity index (χ0) is 26.1. The van der Waals surface area contributed by atoms with Gasteiger partial charge in [0.1, 0.15) is 46.9 Å². The van der Waals surface area contributed by atoms with E-state index in [1.54, 1.807) is 0 Å². The first-order valence-corrected chi connectivity index (χ1v) is 10.8. The van der Waals surface area contributed by atoms with Crippen LogP contribution >= 0.6 is 0 Å². The third kappa shape index (κ3) is 4.40. The van der Waals surface area contributed by atoms with Crippen LogP contribution in [0.4, 0.5) is 0 Å². The molecule has 12 nitrogen and oxygen atoms in total. The summed E-state index contributed by atoms with van der Waals surface area (Å²) in [6.07, 6.45) is -7.69. The highest BCUT2D eigenvalue weighted by Gasteiger charge is 2.45. The van der Waals surface area contributed by atoms with Gasteiger partial charge in [0, 0.05) is 17.7 Å². The van der Waals surface area contributed by atoms with Crippen molar-refractivity contribution in [1.29, 1.82) is 0 Å². The average molecular weight is 506 g/mol. The van der Waals surface area contributed by atoms with E-state index in [-0.39, 0.29) is 45.3 Å². The predicted molar refractivity (Wildman–Crippen MR) is 124 cm³/mol. The minimum Gasteiger partial charge on any atom is -0.504 e. The maximum Gasteiger partial charge on any atom is 0.239 e. The highest BCUT2D eigenvalue weighted by Crippen LogP contribution is 2.39. The number of aliphatic hydroxyl groups is 4. The van der Waals surface area contributed by atoms with Crippen LogP contribution in [0.5, 0.6) is 28.7 Å². The number of rotatable bonds is 7.